The molecule has 0 fully saturated rings. The molecule has 5 heteroatoms. The number of nitrogen functional groups attached to an aromatic ring is 1. The van der Waals surface area contributed by atoms with Gasteiger partial charge in [-0.1, -0.05) is 36.4 Å². The predicted octanol–water partition coefficient (Wildman–Crippen LogP) is 5.21. The van der Waals surface area contributed by atoms with Crippen LogP contribution in [0.2, 0.25) is 0 Å². The number of nitrogens with two attached hydrogens (primary N) is 1. The Morgan fingerprint density at radius 1 is 1.04 bits per heavy atom. The molecule has 0 aliphatic heterocycles. The highest BCUT2D eigenvalue weighted by Crippen LogP contribution is 2.37. The van der Waals surface area contributed by atoms with Gasteiger partial charge in [0.05, 0.1) is 5.69 Å². The third kappa shape index (κ3) is 2.52. The number of hydrogen-bond donors (Lipinski definition) is 2. The molecule has 0 saturated carbocycles. The van der Waals surface area contributed by atoms with Gasteiger partial charge in [0.1, 0.15) is 9.71 Å². The fourth-order valence-electron chi connectivity index (χ4n) is 3.25. The highest BCUT2D eigenvalue weighted by atomic mass is 32.1. The Bertz CT molecular complexity index is 1170. The number of pyridine rings is 1. The molecule has 4 rings (SSSR count). The van der Waals surface area contributed by atoms with E-state index in [0.717, 1.165) is 43.5 Å². The Morgan fingerprint density at radius 2 is 1.77 bits per heavy atom. The van der Waals surface area contributed by atoms with Crippen LogP contribution in [0.25, 0.3) is 21.0 Å². The van der Waals surface area contributed by atoms with E-state index in [2.05, 4.69) is 10.3 Å². The van der Waals surface area contributed by atoms with Crippen LogP contribution in [0.3, 0.4) is 0 Å². The number of benzene rings is 2. The molecule has 0 spiro atoms. The van der Waals surface area contributed by atoms with Crippen LogP contribution in [0, 0.1) is 20.8 Å². The number of nitrogens with zero attached hydrogens (tertiary/aromatic N) is 1. The molecule has 26 heavy (non-hydrogen) atoms. The van der Waals surface area contributed by atoms with E-state index in [0.29, 0.717) is 10.6 Å². The Morgan fingerprint density at radius 3 is 2.58 bits per heavy atom. The van der Waals surface area contributed by atoms with Crippen molar-refractivity contribution in [2.24, 2.45) is 0 Å². The van der Waals surface area contributed by atoms with Crippen LogP contribution in [0.5, 0.6) is 0 Å². The molecule has 0 radical (unpaired) electrons. The maximum Gasteiger partial charge on any atom is 0.267 e. The zero-order valence-corrected chi connectivity index (χ0v) is 15.7. The Kier molecular flexibility index (Phi) is 3.89. The first-order valence-electron chi connectivity index (χ1n) is 8.42. The van der Waals surface area contributed by atoms with Crippen molar-refractivity contribution in [3.63, 3.8) is 0 Å². The maximum atomic E-state index is 12.9. The third-order valence-electron chi connectivity index (χ3n) is 4.92. The van der Waals surface area contributed by atoms with E-state index in [4.69, 9.17) is 5.73 Å². The summed E-state index contributed by atoms with van der Waals surface area (Å²) in [6.07, 6.45) is 0. The first-order chi connectivity index (χ1) is 12.5. The molecule has 1 amide bonds. The molecule has 2 aromatic heterocycles. The van der Waals surface area contributed by atoms with Gasteiger partial charge in [-0.15, -0.1) is 11.3 Å². The van der Waals surface area contributed by atoms with E-state index in [9.17, 15) is 4.79 Å². The summed E-state index contributed by atoms with van der Waals surface area (Å²) in [7, 11) is 0. The van der Waals surface area contributed by atoms with Gasteiger partial charge in [-0.05, 0) is 43.4 Å². The van der Waals surface area contributed by atoms with Crippen molar-refractivity contribution in [3.8, 4) is 0 Å². The monoisotopic (exact) mass is 361 g/mol. The summed E-state index contributed by atoms with van der Waals surface area (Å²) >= 11 is 1.35. The number of thiophene rings is 1. The minimum absolute atomic E-state index is 0.198. The normalized spacial score (nSPS) is 11.2. The summed E-state index contributed by atoms with van der Waals surface area (Å²) in [5.41, 5.74) is 10.8. The van der Waals surface area contributed by atoms with Crippen LogP contribution < -0.4 is 11.1 Å². The maximum absolute atomic E-state index is 12.9. The van der Waals surface area contributed by atoms with Gasteiger partial charge in [0.2, 0.25) is 0 Å². The first-order valence-corrected chi connectivity index (χ1v) is 9.24. The summed E-state index contributed by atoms with van der Waals surface area (Å²) < 4.78 is 0. The van der Waals surface area contributed by atoms with Gasteiger partial charge in [-0.2, -0.15) is 0 Å². The van der Waals surface area contributed by atoms with Crippen molar-refractivity contribution >= 4 is 49.6 Å². The molecule has 3 N–H and O–H groups in total. The van der Waals surface area contributed by atoms with E-state index in [1.807, 2.05) is 63.2 Å². The number of aromatic nitrogens is 1. The lowest BCUT2D eigenvalue weighted by molar-refractivity contribution is 0.103. The van der Waals surface area contributed by atoms with Gasteiger partial charge in [-0.25, -0.2) is 4.98 Å². The van der Waals surface area contributed by atoms with Crippen molar-refractivity contribution in [2.45, 2.75) is 20.8 Å². The van der Waals surface area contributed by atoms with Crippen LogP contribution in [-0.4, -0.2) is 10.9 Å². The summed E-state index contributed by atoms with van der Waals surface area (Å²) in [5, 5.41) is 5.99. The van der Waals surface area contributed by atoms with Crippen LogP contribution in [-0.2, 0) is 0 Å². The average molecular weight is 361 g/mol. The summed E-state index contributed by atoms with van der Waals surface area (Å²) in [6, 6.07) is 13.8. The smallest absolute Gasteiger partial charge is 0.267 e. The molecule has 0 bridgehead atoms. The quantitative estimate of drug-likeness (QED) is 0.515. The number of amides is 1. The van der Waals surface area contributed by atoms with Crippen LogP contribution in [0.15, 0.2) is 42.5 Å². The lowest BCUT2D eigenvalue weighted by Gasteiger charge is -2.08. The van der Waals surface area contributed by atoms with Crippen molar-refractivity contribution < 1.29 is 4.79 Å². The van der Waals surface area contributed by atoms with Gasteiger partial charge in [0, 0.05) is 22.2 Å². The zero-order valence-electron chi connectivity index (χ0n) is 14.9. The fourth-order valence-corrected chi connectivity index (χ4v) is 4.35. The molecular formula is C21H19N3OS. The zero-order chi connectivity index (χ0) is 18.4. The molecule has 2 heterocycles. The SMILES string of the molecule is Cc1nc2sc(C(=O)Nc3cccc4ccccc34)c(N)c2c(C)c1C. The number of nitrogens with one attached hydrogen (secondary N) is 1. The van der Waals surface area contributed by atoms with Crippen LogP contribution >= 0.6 is 11.3 Å². The lowest BCUT2D eigenvalue weighted by atomic mass is 10.1. The van der Waals surface area contributed by atoms with E-state index in [1.54, 1.807) is 0 Å². The van der Waals surface area contributed by atoms with E-state index < -0.39 is 0 Å². The second-order valence-corrected chi connectivity index (χ2v) is 7.45. The van der Waals surface area contributed by atoms with Crippen molar-refractivity contribution in [2.75, 3.05) is 11.1 Å². The number of rotatable bonds is 2. The highest BCUT2D eigenvalue weighted by molar-refractivity contribution is 7.21. The number of aryl methyl sites for hydroxylation is 2. The fraction of sp³-hybridized carbons (Fsp3) is 0.143. The Balaban J connectivity index is 1.79. The Labute approximate surface area is 155 Å². The second-order valence-electron chi connectivity index (χ2n) is 6.45. The van der Waals surface area contributed by atoms with Crippen LogP contribution in [0.1, 0.15) is 26.5 Å². The van der Waals surface area contributed by atoms with Gasteiger partial charge >= 0.3 is 0 Å². The summed E-state index contributed by atoms with van der Waals surface area (Å²) in [5.74, 6) is -0.198. The lowest BCUT2D eigenvalue weighted by Crippen LogP contribution is -2.12. The van der Waals surface area contributed by atoms with E-state index in [-0.39, 0.29) is 5.91 Å². The van der Waals surface area contributed by atoms with Crippen molar-refractivity contribution in [1.82, 2.24) is 4.98 Å². The number of anilines is 2. The third-order valence-corrected chi connectivity index (χ3v) is 6.02. The molecule has 4 nitrogen and oxygen atoms in total. The average Bonchev–Trinajstić information content (AvgIpc) is 2.96. The van der Waals surface area contributed by atoms with Gasteiger partial charge in [-0.3, -0.25) is 4.79 Å². The molecule has 0 saturated heterocycles. The molecule has 2 aromatic carbocycles. The number of carbonyl (C=O) groups is 1. The van der Waals surface area contributed by atoms with E-state index in [1.165, 1.54) is 11.3 Å². The molecule has 0 aliphatic rings. The highest BCUT2D eigenvalue weighted by Gasteiger charge is 2.20. The van der Waals surface area contributed by atoms with Gasteiger partial charge < -0.3 is 11.1 Å². The van der Waals surface area contributed by atoms with Crippen molar-refractivity contribution in [1.29, 1.82) is 0 Å². The van der Waals surface area contributed by atoms with Gasteiger partial charge in [0.15, 0.2) is 0 Å². The van der Waals surface area contributed by atoms with E-state index >= 15 is 0 Å². The van der Waals surface area contributed by atoms with Crippen LogP contribution in [0.4, 0.5) is 11.4 Å². The number of hydrogen-bond acceptors (Lipinski definition) is 4. The summed E-state index contributed by atoms with van der Waals surface area (Å²) in [6.45, 7) is 6.04. The number of carbonyl (C=O) groups excluding carboxylic acids is 1. The molecule has 0 aliphatic carbocycles. The standard InChI is InChI=1S/C21H19N3OS/c1-11-12(2)17-18(22)19(26-21(17)23-13(11)3)20(25)24-16-10-6-8-14-7-4-5-9-15(14)16/h4-10H,22H2,1-3H3,(H,24,25). The topological polar surface area (TPSA) is 68.0 Å². The van der Waals surface area contributed by atoms with Crippen molar-refractivity contribution in [3.05, 3.63) is 64.2 Å². The minimum atomic E-state index is -0.198. The van der Waals surface area contributed by atoms with Gasteiger partial charge in [0.25, 0.3) is 5.91 Å². The molecule has 130 valence electrons. The minimum Gasteiger partial charge on any atom is -0.397 e. The molecule has 4 aromatic rings. The molecule has 0 atom stereocenters. The summed E-state index contributed by atoms with van der Waals surface area (Å²) in [4.78, 5) is 18.9. The number of fused-ring (bicyclic) bond motifs is 2. The first kappa shape index (κ1) is 16.5. The largest absolute Gasteiger partial charge is 0.397 e. The Hall–Kier alpha value is -2.92. The predicted molar refractivity (Wildman–Crippen MR) is 110 cm³/mol. The molecule has 0 unspecified atom stereocenters. The molecular weight excluding hydrogens is 342 g/mol. The second kappa shape index (κ2) is 6.11.